The summed E-state index contributed by atoms with van der Waals surface area (Å²) in [4.78, 5) is 36.2. The predicted molar refractivity (Wildman–Crippen MR) is 85.5 cm³/mol. The SMILES string of the molecule is Cc1cccc(/C=N\NC(=O)[C@@H](C)Nc2n[nH]c(=O)[nH]c2=O)c1. The van der Waals surface area contributed by atoms with Crippen molar-refractivity contribution in [2.45, 2.75) is 19.9 Å². The molecule has 0 bridgehead atoms. The monoisotopic (exact) mass is 316 g/mol. The molecule has 9 nitrogen and oxygen atoms in total. The molecule has 0 unspecified atom stereocenters. The molecule has 0 aliphatic heterocycles. The van der Waals surface area contributed by atoms with Gasteiger partial charge in [-0.05, 0) is 19.4 Å². The van der Waals surface area contributed by atoms with Crippen LogP contribution in [0.15, 0.2) is 39.0 Å². The summed E-state index contributed by atoms with van der Waals surface area (Å²) in [6.45, 7) is 3.49. The Bertz CT molecular complexity index is 839. The molecule has 1 atom stereocenters. The van der Waals surface area contributed by atoms with Gasteiger partial charge in [-0.1, -0.05) is 29.8 Å². The lowest BCUT2D eigenvalue weighted by Gasteiger charge is -2.11. The summed E-state index contributed by atoms with van der Waals surface area (Å²) in [6.07, 6.45) is 1.52. The van der Waals surface area contributed by atoms with Gasteiger partial charge in [-0.3, -0.25) is 14.6 Å². The fraction of sp³-hybridized carbons (Fsp3) is 0.214. The minimum atomic E-state index is -0.774. The zero-order chi connectivity index (χ0) is 16.8. The molecule has 0 aliphatic rings. The Balaban J connectivity index is 1.95. The summed E-state index contributed by atoms with van der Waals surface area (Å²) in [5, 5.41) is 12.0. The highest BCUT2D eigenvalue weighted by atomic mass is 16.2. The number of hydrogen-bond acceptors (Lipinski definition) is 6. The lowest BCUT2D eigenvalue weighted by atomic mass is 10.2. The van der Waals surface area contributed by atoms with E-state index >= 15 is 0 Å². The largest absolute Gasteiger partial charge is 0.353 e. The molecule has 1 aromatic heterocycles. The number of aromatic amines is 2. The highest BCUT2D eigenvalue weighted by molar-refractivity contribution is 5.86. The van der Waals surface area contributed by atoms with Crippen LogP contribution in [0, 0.1) is 6.92 Å². The molecule has 0 radical (unpaired) electrons. The third-order valence-corrected chi connectivity index (χ3v) is 2.89. The number of aromatic nitrogens is 3. The quantitative estimate of drug-likeness (QED) is 0.445. The van der Waals surface area contributed by atoms with E-state index in [0.29, 0.717) is 0 Å². The molecular formula is C14H16N6O3. The standard InChI is InChI=1S/C14H16N6O3/c1-8-4-3-5-10(6-8)7-15-19-12(21)9(2)16-11-13(22)17-14(23)20-18-11/h3-7,9H,1-2H3,(H,16,18)(H,19,21)(H2,17,20,22,23)/b15-7-/t9-/m1/s1. The number of carbonyl (C=O) groups excluding carboxylic acids is 1. The number of hydrazone groups is 1. The molecule has 0 aliphatic carbocycles. The molecule has 0 spiro atoms. The van der Waals surface area contributed by atoms with Crippen LogP contribution in [0.4, 0.5) is 5.82 Å². The van der Waals surface area contributed by atoms with Gasteiger partial charge < -0.3 is 5.32 Å². The van der Waals surface area contributed by atoms with Gasteiger partial charge in [0.2, 0.25) is 5.82 Å². The highest BCUT2D eigenvalue weighted by Crippen LogP contribution is 2.00. The second-order valence-electron chi connectivity index (χ2n) is 4.87. The van der Waals surface area contributed by atoms with Crippen molar-refractivity contribution in [2.75, 3.05) is 5.32 Å². The average Bonchev–Trinajstić information content (AvgIpc) is 2.50. The Labute approximate surface area is 130 Å². The van der Waals surface area contributed by atoms with E-state index in [1.54, 1.807) is 0 Å². The number of hydrogen-bond donors (Lipinski definition) is 4. The first-order valence-corrected chi connectivity index (χ1v) is 6.81. The number of rotatable bonds is 5. The topological polar surface area (TPSA) is 132 Å². The van der Waals surface area contributed by atoms with Gasteiger partial charge in [0.15, 0.2) is 0 Å². The fourth-order valence-corrected chi connectivity index (χ4v) is 1.73. The molecule has 0 saturated carbocycles. The summed E-state index contributed by atoms with van der Waals surface area (Å²) in [6, 6.07) is 6.84. The van der Waals surface area contributed by atoms with Gasteiger partial charge in [-0.25, -0.2) is 15.3 Å². The van der Waals surface area contributed by atoms with Crippen LogP contribution in [-0.2, 0) is 4.79 Å². The summed E-state index contributed by atoms with van der Waals surface area (Å²) in [5.74, 6) is -0.615. The van der Waals surface area contributed by atoms with Crippen LogP contribution in [0.25, 0.3) is 0 Å². The molecule has 4 N–H and O–H groups in total. The molecular weight excluding hydrogens is 300 g/mol. The first-order valence-electron chi connectivity index (χ1n) is 6.81. The van der Waals surface area contributed by atoms with Crippen LogP contribution >= 0.6 is 0 Å². The zero-order valence-electron chi connectivity index (χ0n) is 12.6. The van der Waals surface area contributed by atoms with Crippen LogP contribution < -0.4 is 22.0 Å². The Hall–Kier alpha value is -3.23. The molecule has 1 heterocycles. The van der Waals surface area contributed by atoms with Crippen molar-refractivity contribution in [3.8, 4) is 0 Å². The zero-order valence-corrected chi connectivity index (χ0v) is 12.6. The van der Waals surface area contributed by atoms with Crippen molar-refractivity contribution < 1.29 is 4.79 Å². The third kappa shape index (κ3) is 4.63. The number of nitrogens with zero attached hydrogens (tertiary/aromatic N) is 2. The number of nitrogens with one attached hydrogen (secondary N) is 4. The number of benzene rings is 1. The molecule has 2 aromatic rings. The predicted octanol–water partition coefficient (Wildman–Crippen LogP) is -0.283. The molecule has 23 heavy (non-hydrogen) atoms. The highest BCUT2D eigenvalue weighted by Gasteiger charge is 2.14. The van der Waals surface area contributed by atoms with Gasteiger partial charge in [0.25, 0.3) is 11.5 Å². The molecule has 2 rings (SSSR count). The van der Waals surface area contributed by atoms with Crippen molar-refractivity contribution in [3.05, 3.63) is 56.2 Å². The van der Waals surface area contributed by atoms with Crippen LogP contribution in [0.1, 0.15) is 18.1 Å². The van der Waals surface area contributed by atoms with Gasteiger partial charge in [0.1, 0.15) is 6.04 Å². The average molecular weight is 316 g/mol. The number of anilines is 1. The first kappa shape index (κ1) is 16.1. The summed E-state index contributed by atoms with van der Waals surface area (Å²) < 4.78 is 0. The van der Waals surface area contributed by atoms with Crippen LogP contribution in [0.3, 0.4) is 0 Å². The van der Waals surface area contributed by atoms with Gasteiger partial charge in [0.05, 0.1) is 6.21 Å². The maximum atomic E-state index is 11.9. The van der Waals surface area contributed by atoms with Gasteiger partial charge >= 0.3 is 5.69 Å². The van der Waals surface area contributed by atoms with Crippen molar-refractivity contribution in [1.82, 2.24) is 20.6 Å². The molecule has 0 saturated heterocycles. The minimum Gasteiger partial charge on any atom is -0.353 e. The molecule has 120 valence electrons. The van der Waals surface area contributed by atoms with E-state index in [1.165, 1.54) is 13.1 Å². The number of H-pyrrole nitrogens is 2. The van der Waals surface area contributed by atoms with Gasteiger partial charge in [-0.15, -0.1) is 5.10 Å². The van der Waals surface area contributed by atoms with Crippen molar-refractivity contribution >= 4 is 17.9 Å². The number of aryl methyl sites for hydroxylation is 1. The lowest BCUT2D eigenvalue weighted by Crippen LogP contribution is -2.38. The van der Waals surface area contributed by atoms with Crippen LogP contribution in [0.2, 0.25) is 0 Å². The maximum Gasteiger partial charge on any atom is 0.342 e. The second-order valence-corrected chi connectivity index (χ2v) is 4.87. The van der Waals surface area contributed by atoms with Gasteiger partial charge in [-0.2, -0.15) is 5.10 Å². The second kappa shape index (κ2) is 7.16. The molecule has 0 fully saturated rings. The third-order valence-electron chi connectivity index (χ3n) is 2.89. The van der Waals surface area contributed by atoms with E-state index < -0.39 is 23.2 Å². The minimum absolute atomic E-state index is 0.157. The van der Waals surface area contributed by atoms with Crippen molar-refractivity contribution in [2.24, 2.45) is 5.10 Å². The van der Waals surface area contributed by atoms with E-state index in [0.717, 1.165) is 11.1 Å². The normalized spacial score (nSPS) is 12.1. The van der Waals surface area contributed by atoms with E-state index in [1.807, 2.05) is 36.2 Å². The van der Waals surface area contributed by atoms with E-state index in [2.05, 4.69) is 26.0 Å². The van der Waals surface area contributed by atoms with Crippen LogP contribution in [0.5, 0.6) is 0 Å². The van der Waals surface area contributed by atoms with E-state index in [4.69, 9.17) is 0 Å². The Kier molecular flexibility index (Phi) is 5.03. The van der Waals surface area contributed by atoms with Crippen molar-refractivity contribution in [3.63, 3.8) is 0 Å². The molecule has 1 amide bonds. The smallest absolute Gasteiger partial charge is 0.342 e. The van der Waals surface area contributed by atoms with Gasteiger partial charge in [0, 0.05) is 0 Å². The lowest BCUT2D eigenvalue weighted by molar-refractivity contribution is -0.121. The summed E-state index contributed by atoms with van der Waals surface area (Å²) in [7, 11) is 0. The Morgan fingerprint density at radius 1 is 1.39 bits per heavy atom. The maximum absolute atomic E-state index is 11.9. The van der Waals surface area contributed by atoms with E-state index in [9.17, 15) is 14.4 Å². The van der Waals surface area contributed by atoms with E-state index in [-0.39, 0.29) is 5.82 Å². The molecule has 9 heteroatoms. The Morgan fingerprint density at radius 2 is 2.17 bits per heavy atom. The first-order chi connectivity index (χ1) is 11.0. The molecule has 1 aromatic carbocycles. The summed E-state index contributed by atoms with van der Waals surface area (Å²) >= 11 is 0. The Morgan fingerprint density at radius 3 is 2.87 bits per heavy atom. The number of amides is 1. The van der Waals surface area contributed by atoms with Crippen LogP contribution in [-0.4, -0.2) is 33.3 Å². The summed E-state index contributed by atoms with van der Waals surface area (Å²) in [5.41, 5.74) is 2.86. The number of carbonyl (C=O) groups is 1. The fourth-order valence-electron chi connectivity index (χ4n) is 1.73. The van der Waals surface area contributed by atoms with Crippen molar-refractivity contribution in [1.29, 1.82) is 0 Å².